The second kappa shape index (κ2) is 5.73. The largest absolute Gasteiger partial charge is 0.374 e. The molecule has 2 aromatic heterocycles. The molecule has 0 spiro atoms. The first-order valence-corrected chi connectivity index (χ1v) is 8.55. The number of pyridine rings is 1. The van der Waals surface area contributed by atoms with Crippen molar-refractivity contribution in [1.82, 2.24) is 19.7 Å². The number of aromatic amines is 1. The molecule has 0 bridgehead atoms. The van der Waals surface area contributed by atoms with Gasteiger partial charge in [0.1, 0.15) is 0 Å². The van der Waals surface area contributed by atoms with Gasteiger partial charge in [-0.15, -0.1) is 0 Å². The minimum atomic E-state index is -0.267. The molecule has 1 saturated heterocycles. The summed E-state index contributed by atoms with van der Waals surface area (Å²) in [5, 5.41) is 3.08. The van der Waals surface area contributed by atoms with E-state index in [1.807, 2.05) is 11.8 Å². The number of amides is 1. The minimum absolute atomic E-state index is 0.0811. The molecule has 0 unspecified atom stereocenters. The molecule has 128 valence electrons. The summed E-state index contributed by atoms with van der Waals surface area (Å²) in [4.78, 5) is 31.9. The zero-order valence-corrected chi connectivity index (χ0v) is 14.0. The van der Waals surface area contributed by atoms with Crippen molar-refractivity contribution in [2.24, 2.45) is 7.05 Å². The Balaban J connectivity index is 1.79. The number of carbonyl (C=O) groups excluding carboxylic acids is 1. The molecule has 2 atom stereocenters. The van der Waals surface area contributed by atoms with Gasteiger partial charge >= 0.3 is 0 Å². The van der Waals surface area contributed by atoms with E-state index in [2.05, 4.69) is 10.1 Å². The number of nitrogens with zero attached hydrogens (tertiary/aromatic N) is 3. The summed E-state index contributed by atoms with van der Waals surface area (Å²) in [6.07, 6.45) is 4.37. The summed E-state index contributed by atoms with van der Waals surface area (Å²) in [6, 6.07) is 1.85. The molecule has 2 aliphatic rings. The van der Waals surface area contributed by atoms with Gasteiger partial charge in [0, 0.05) is 19.3 Å². The lowest BCUT2D eigenvalue weighted by Gasteiger charge is -2.43. The van der Waals surface area contributed by atoms with Gasteiger partial charge in [-0.3, -0.25) is 19.4 Å². The quantitative estimate of drug-likeness (QED) is 0.856. The number of carbonyl (C=O) groups is 1. The molecule has 4 rings (SSSR count). The van der Waals surface area contributed by atoms with Crippen LogP contribution >= 0.6 is 0 Å². The van der Waals surface area contributed by atoms with Crippen LogP contribution in [-0.4, -0.2) is 50.9 Å². The number of fused-ring (bicyclic) bond motifs is 2. The molecule has 0 aromatic carbocycles. The van der Waals surface area contributed by atoms with Gasteiger partial charge in [0.05, 0.1) is 29.7 Å². The van der Waals surface area contributed by atoms with Crippen LogP contribution in [0.4, 0.5) is 0 Å². The van der Waals surface area contributed by atoms with Crippen LogP contribution in [0.2, 0.25) is 0 Å². The molecule has 1 aliphatic heterocycles. The second-order valence-electron chi connectivity index (χ2n) is 6.77. The van der Waals surface area contributed by atoms with E-state index in [1.54, 1.807) is 17.8 Å². The average Bonchev–Trinajstić information content (AvgIpc) is 2.87. The summed E-state index contributed by atoms with van der Waals surface area (Å²) in [7, 11) is 1.73. The Morgan fingerprint density at radius 2 is 2.17 bits per heavy atom. The maximum atomic E-state index is 13.3. The predicted molar refractivity (Wildman–Crippen MR) is 89.1 cm³/mol. The van der Waals surface area contributed by atoms with E-state index in [0.717, 1.165) is 31.4 Å². The maximum Gasteiger partial charge on any atom is 0.274 e. The Morgan fingerprint density at radius 1 is 1.38 bits per heavy atom. The molecule has 1 amide bonds. The SMILES string of the molecule is Cc1cc(C(=O)N2CCO[C@@H]3CCCC[C@H]32)c2c(=O)[nH]n(C)c2n1. The topological polar surface area (TPSA) is 80.2 Å². The van der Waals surface area contributed by atoms with E-state index >= 15 is 0 Å². The molecule has 2 aromatic rings. The van der Waals surface area contributed by atoms with Crippen LogP contribution in [0, 0.1) is 6.92 Å². The lowest BCUT2D eigenvalue weighted by atomic mass is 9.89. The van der Waals surface area contributed by atoms with Gasteiger partial charge in [-0.1, -0.05) is 12.8 Å². The summed E-state index contributed by atoms with van der Waals surface area (Å²) >= 11 is 0. The highest BCUT2D eigenvalue weighted by molar-refractivity contribution is 6.05. The number of rotatable bonds is 1. The third kappa shape index (κ3) is 2.34. The van der Waals surface area contributed by atoms with Crippen molar-refractivity contribution in [2.75, 3.05) is 13.2 Å². The third-order valence-electron chi connectivity index (χ3n) is 5.17. The van der Waals surface area contributed by atoms with E-state index in [9.17, 15) is 9.59 Å². The van der Waals surface area contributed by atoms with Crippen molar-refractivity contribution in [2.45, 2.75) is 44.8 Å². The molecule has 7 heteroatoms. The molecule has 24 heavy (non-hydrogen) atoms. The highest BCUT2D eigenvalue weighted by atomic mass is 16.5. The molecule has 2 fully saturated rings. The molecule has 1 N–H and O–H groups in total. The van der Waals surface area contributed by atoms with Crippen molar-refractivity contribution in [3.05, 3.63) is 27.7 Å². The Hall–Kier alpha value is -2.15. The second-order valence-corrected chi connectivity index (χ2v) is 6.77. The van der Waals surface area contributed by atoms with Gasteiger partial charge in [0.2, 0.25) is 0 Å². The van der Waals surface area contributed by atoms with Crippen LogP contribution in [0.15, 0.2) is 10.9 Å². The molecule has 3 heterocycles. The monoisotopic (exact) mass is 330 g/mol. The first kappa shape index (κ1) is 15.4. The molecule has 1 aliphatic carbocycles. The maximum absolute atomic E-state index is 13.3. The summed E-state index contributed by atoms with van der Waals surface area (Å²) in [6.45, 7) is 2.98. The summed E-state index contributed by atoms with van der Waals surface area (Å²) < 4.78 is 7.43. The number of ether oxygens (including phenoxy) is 1. The van der Waals surface area contributed by atoms with Gasteiger partial charge in [-0.05, 0) is 25.8 Å². The number of aryl methyl sites for hydroxylation is 2. The number of morpholine rings is 1. The van der Waals surface area contributed by atoms with Gasteiger partial charge in [-0.25, -0.2) is 4.98 Å². The van der Waals surface area contributed by atoms with Crippen LogP contribution in [-0.2, 0) is 11.8 Å². The normalized spacial score (nSPS) is 24.2. The highest BCUT2D eigenvalue weighted by Crippen LogP contribution is 2.30. The molecule has 7 nitrogen and oxygen atoms in total. The van der Waals surface area contributed by atoms with Gasteiger partial charge in [0.25, 0.3) is 11.5 Å². The van der Waals surface area contributed by atoms with Crippen LogP contribution in [0.1, 0.15) is 41.7 Å². The van der Waals surface area contributed by atoms with Crippen LogP contribution in [0.3, 0.4) is 0 Å². The average molecular weight is 330 g/mol. The fourth-order valence-electron chi connectivity index (χ4n) is 4.06. The highest BCUT2D eigenvalue weighted by Gasteiger charge is 2.37. The first-order valence-electron chi connectivity index (χ1n) is 8.55. The Bertz CT molecular complexity index is 851. The smallest absolute Gasteiger partial charge is 0.274 e. The Labute approximate surface area is 139 Å². The zero-order valence-electron chi connectivity index (χ0n) is 14.0. The lowest BCUT2D eigenvalue weighted by molar-refractivity contribution is -0.0752. The van der Waals surface area contributed by atoms with E-state index in [4.69, 9.17) is 4.74 Å². The van der Waals surface area contributed by atoms with Crippen LogP contribution < -0.4 is 5.56 Å². The van der Waals surface area contributed by atoms with Crippen molar-refractivity contribution in [3.63, 3.8) is 0 Å². The van der Waals surface area contributed by atoms with Crippen LogP contribution in [0.5, 0.6) is 0 Å². The Morgan fingerprint density at radius 3 is 3.00 bits per heavy atom. The number of H-pyrrole nitrogens is 1. The van der Waals surface area contributed by atoms with Gasteiger partial charge in [-0.2, -0.15) is 0 Å². The van der Waals surface area contributed by atoms with Crippen molar-refractivity contribution in [1.29, 1.82) is 0 Å². The zero-order chi connectivity index (χ0) is 16.8. The summed E-state index contributed by atoms with van der Waals surface area (Å²) in [5.41, 5.74) is 1.44. The number of hydrogen-bond donors (Lipinski definition) is 1. The third-order valence-corrected chi connectivity index (χ3v) is 5.17. The fraction of sp³-hybridized carbons (Fsp3) is 0.588. The van der Waals surface area contributed by atoms with E-state index in [0.29, 0.717) is 29.7 Å². The lowest BCUT2D eigenvalue weighted by Crippen LogP contribution is -2.54. The number of aromatic nitrogens is 3. The molecular weight excluding hydrogens is 308 g/mol. The molecule has 0 radical (unpaired) electrons. The Kier molecular flexibility index (Phi) is 3.68. The number of nitrogens with one attached hydrogen (secondary N) is 1. The standard InChI is InChI=1S/C17H22N4O3/c1-10-9-11(14-15(18-10)20(2)19-16(14)22)17(23)21-7-8-24-13-6-4-3-5-12(13)21/h9,12-13H,3-8H2,1-2H3,(H,19,22)/t12-,13-/m1/s1. The van der Waals surface area contributed by atoms with E-state index < -0.39 is 0 Å². The van der Waals surface area contributed by atoms with Gasteiger partial charge < -0.3 is 9.64 Å². The van der Waals surface area contributed by atoms with Crippen LogP contribution in [0.25, 0.3) is 11.0 Å². The van der Waals surface area contributed by atoms with Gasteiger partial charge in [0.15, 0.2) is 5.65 Å². The molecule has 1 saturated carbocycles. The summed E-state index contributed by atoms with van der Waals surface area (Å²) in [5.74, 6) is -0.0811. The first-order chi connectivity index (χ1) is 11.6. The minimum Gasteiger partial charge on any atom is -0.374 e. The predicted octanol–water partition coefficient (Wildman–Crippen LogP) is 1.35. The van der Waals surface area contributed by atoms with E-state index in [1.165, 1.54) is 0 Å². The van der Waals surface area contributed by atoms with Crippen molar-refractivity contribution in [3.8, 4) is 0 Å². The van der Waals surface area contributed by atoms with Crippen molar-refractivity contribution >= 4 is 16.9 Å². The fourth-order valence-corrected chi connectivity index (χ4v) is 4.06. The van der Waals surface area contributed by atoms with E-state index in [-0.39, 0.29) is 23.6 Å². The molecular formula is C17H22N4O3. The van der Waals surface area contributed by atoms with Crippen molar-refractivity contribution < 1.29 is 9.53 Å². The number of hydrogen-bond acceptors (Lipinski definition) is 4.